The maximum Gasteiger partial charge on any atom is 0.408 e. The van der Waals surface area contributed by atoms with Crippen LogP contribution in [0.1, 0.15) is 25.8 Å². The highest BCUT2D eigenvalue weighted by atomic mass is 16.6. The van der Waals surface area contributed by atoms with Crippen molar-refractivity contribution in [1.82, 2.24) is 10.6 Å². The first-order chi connectivity index (χ1) is 13.8. The number of alkyl carbamates (subject to hydrolysis) is 1. The summed E-state index contributed by atoms with van der Waals surface area (Å²) in [4.78, 5) is 37.1. The van der Waals surface area contributed by atoms with Crippen molar-refractivity contribution in [2.75, 3.05) is 19.8 Å². The van der Waals surface area contributed by atoms with Gasteiger partial charge < -0.3 is 30.3 Å². The molecule has 1 aliphatic rings. The lowest BCUT2D eigenvalue weighted by atomic mass is 9.92. The van der Waals surface area contributed by atoms with Crippen LogP contribution in [0, 0.1) is 5.92 Å². The number of epoxide rings is 1. The van der Waals surface area contributed by atoms with Crippen LogP contribution in [0.3, 0.4) is 0 Å². The second-order valence-electron chi connectivity index (χ2n) is 7.44. The van der Waals surface area contributed by atoms with Crippen LogP contribution in [0.4, 0.5) is 4.79 Å². The van der Waals surface area contributed by atoms with Crippen LogP contribution in [0.15, 0.2) is 30.3 Å². The number of carbonyl (C=O) groups excluding carboxylic acids is 3. The number of nitrogens with one attached hydrogen (secondary N) is 2. The molecule has 1 aromatic carbocycles. The molecule has 2 amide bonds. The zero-order valence-corrected chi connectivity index (χ0v) is 16.6. The number of ether oxygens (including phenoxy) is 2. The maximum atomic E-state index is 12.6. The molecule has 1 fully saturated rings. The molecule has 1 aliphatic heterocycles. The summed E-state index contributed by atoms with van der Waals surface area (Å²) in [7, 11) is 0. The summed E-state index contributed by atoms with van der Waals surface area (Å²) in [6.07, 6.45) is -0.543. The summed E-state index contributed by atoms with van der Waals surface area (Å²) in [5, 5.41) is 23.7. The Hall–Kier alpha value is -2.49. The summed E-state index contributed by atoms with van der Waals surface area (Å²) >= 11 is 0. The summed E-state index contributed by atoms with van der Waals surface area (Å²) in [5.41, 5.74) is -0.502. The first-order valence-electron chi connectivity index (χ1n) is 9.49. The van der Waals surface area contributed by atoms with Crippen molar-refractivity contribution >= 4 is 17.8 Å². The Morgan fingerprint density at radius 1 is 1.14 bits per heavy atom. The highest BCUT2D eigenvalue weighted by molar-refractivity contribution is 5.98. The summed E-state index contributed by atoms with van der Waals surface area (Å²) in [6, 6.07) is 6.80. The van der Waals surface area contributed by atoms with Gasteiger partial charge in [0, 0.05) is 0 Å². The summed E-state index contributed by atoms with van der Waals surface area (Å²) in [6.45, 7) is 2.74. The Kier molecular flexibility index (Phi) is 8.12. The van der Waals surface area contributed by atoms with Gasteiger partial charge in [-0.25, -0.2) is 4.79 Å². The number of carbonyl (C=O) groups is 3. The lowest BCUT2D eigenvalue weighted by molar-refractivity contribution is -0.133. The van der Waals surface area contributed by atoms with Crippen molar-refractivity contribution in [1.29, 1.82) is 0 Å². The molecule has 1 aromatic rings. The molecule has 1 heterocycles. The third kappa shape index (κ3) is 6.52. The highest BCUT2D eigenvalue weighted by Gasteiger charge is 2.54. The molecule has 0 aliphatic carbocycles. The SMILES string of the molecule is CC(C)C[C@H](NC(=O)[C@H](CO)NC(=O)OCc1ccccc1)C(=O)[C@@]1(CO)CO1. The van der Waals surface area contributed by atoms with Gasteiger partial charge in [0.1, 0.15) is 12.6 Å². The Balaban J connectivity index is 1.93. The van der Waals surface area contributed by atoms with Gasteiger partial charge in [0.25, 0.3) is 0 Å². The molecule has 160 valence electrons. The fourth-order valence-electron chi connectivity index (χ4n) is 2.79. The molecule has 0 aromatic heterocycles. The molecular weight excluding hydrogens is 380 g/mol. The number of aliphatic hydroxyl groups is 2. The molecule has 0 unspecified atom stereocenters. The molecule has 0 bridgehead atoms. The van der Waals surface area contributed by atoms with Crippen LogP contribution < -0.4 is 10.6 Å². The third-order valence-corrected chi connectivity index (χ3v) is 4.54. The quantitative estimate of drug-likeness (QED) is 0.382. The number of ketones is 1. The van der Waals surface area contributed by atoms with Gasteiger partial charge >= 0.3 is 6.09 Å². The zero-order valence-electron chi connectivity index (χ0n) is 16.6. The molecule has 0 saturated carbocycles. The number of Topliss-reactive ketones (excluding diaryl/α,β-unsaturated/α-hetero) is 1. The minimum atomic E-state index is -1.29. The Labute approximate surface area is 169 Å². The second kappa shape index (κ2) is 10.3. The lowest BCUT2D eigenvalue weighted by Gasteiger charge is -2.24. The molecule has 9 nitrogen and oxygen atoms in total. The van der Waals surface area contributed by atoms with Crippen molar-refractivity contribution in [3.63, 3.8) is 0 Å². The third-order valence-electron chi connectivity index (χ3n) is 4.54. The second-order valence-corrected chi connectivity index (χ2v) is 7.44. The molecule has 4 N–H and O–H groups in total. The van der Waals surface area contributed by atoms with E-state index in [1.807, 2.05) is 19.9 Å². The van der Waals surface area contributed by atoms with Crippen molar-refractivity contribution < 1.29 is 34.1 Å². The first kappa shape index (κ1) is 22.8. The van der Waals surface area contributed by atoms with Crippen molar-refractivity contribution in [3.05, 3.63) is 35.9 Å². The van der Waals surface area contributed by atoms with E-state index in [-0.39, 0.29) is 19.1 Å². The van der Waals surface area contributed by atoms with Gasteiger partial charge in [0.15, 0.2) is 11.4 Å². The number of benzene rings is 1. The van der Waals surface area contributed by atoms with Crippen LogP contribution in [0.25, 0.3) is 0 Å². The fourth-order valence-corrected chi connectivity index (χ4v) is 2.79. The molecule has 9 heteroatoms. The molecule has 29 heavy (non-hydrogen) atoms. The average molecular weight is 408 g/mol. The molecule has 0 radical (unpaired) electrons. The monoisotopic (exact) mass is 408 g/mol. The first-order valence-corrected chi connectivity index (χ1v) is 9.49. The summed E-state index contributed by atoms with van der Waals surface area (Å²) in [5.74, 6) is -1.07. The Morgan fingerprint density at radius 2 is 1.79 bits per heavy atom. The predicted octanol–water partition coefficient (Wildman–Crippen LogP) is 0.135. The molecule has 0 spiro atoms. The van der Waals surface area contributed by atoms with Gasteiger partial charge in [-0.1, -0.05) is 44.2 Å². The topological polar surface area (TPSA) is 137 Å². The van der Waals surface area contributed by atoms with Gasteiger partial charge in [-0.3, -0.25) is 9.59 Å². The zero-order chi connectivity index (χ0) is 21.4. The van der Waals surface area contributed by atoms with Crippen LogP contribution >= 0.6 is 0 Å². The van der Waals surface area contributed by atoms with Gasteiger partial charge in [0.2, 0.25) is 5.91 Å². The van der Waals surface area contributed by atoms with Crippen LogP contribution in [0.2, 0.25) is 0 Å². The van der Waals surface area contributed by atoms with E-state index in [0.717, 1.165) is 5.56 Å². The van der Waals surface area contributed by atoms with Gasteiger partial charge in [0.05, 0.1) is 25.9 Å². The van der Waals surface area contributed by atoms with E-state index in [1.54, 1.807) is 24.3 Å². The van der Waals surface area contributed by atoms with E-state index in [1.165, 1.54) is 0 Å². The van der Waals surface area contributed by atoms with Gasteiger partial charge in [-0.15, -0.1) is 0 Å². The predicted molar refractivity (Wildman–Crippen MR) is 103 cm³/mol. The Bertz CT molecular complexity index is 704. The largest absolute Gasteiger partial charge is 0.445 e. The minimum Gasteiger partial charge on any atom is -0.445 e. The van der Waals surface area contributed by atoms with E-state index in [4.69, 9.17) is 9.47 Å². The van der Waals surface area contributed by atoms with Crippen LogP contribution in [-0.2, 0) is 25.7 Å². The van der Waals surface area contributed by atoms with Crippen molar-refractivity contribution in [2.45, 2.75) is 44.6 Å². The van der Waals surface area contributed by atoms with E-state index in [9.17, 15) is 24.6 Å². The standard InChI is InChI=1S/C20H28N2O7/c1-13(2)8-15(17(25)20(11-24)12-29-20)21-18(26)16(9-23)22-19(27)28-10-14-6-4-3-5-7-14/h3-7,13,15-16,23-24H,8-12H2,1-2H3,(H,21,26)(H,22,27)/t15-,16-,20+/m0/s1. The van der Waals surface area contributed by atoms with Gasteiger partial charge in [-0.05, 0) is 17.9 Å². The molecule has 1 saturated heterocycles. The molecule has 3 atom stereocenters. The molecular formula is C20H28N2O7. The number of hydrogen-bond donors (Lipinski definition) is 4. The van der Waals surface area contributed by atoms with Crippen LogP contribution in [0.5, 0.6) is 0 Å². The number of amides is 2. The van der Waals surface area contributed by atoms with Gasteiger partial charge in [-0.2, -0.15) is 0 Å². The number of hydrogen-bond acceptors (Lipinski definition) is 7. The number of rotatable bonds is 11. The van der Waals surface area contributed by atoms with E-state index >= 15 is 0 Å². The van der Waals surface area contributed by atoms with Crippen molar-refractivity contribution in [2.24, 2.45) is 5.92 Å². The smallest absolute Gasteiger partial charge is 0.408 e. The molecule has 2 rings (SSSR count). The number of aliphatic hydroxyl groups excluding tert-OH is 2. The Morgan fingerprint density at radius 3 is 2.31 bits per heavy atom. The average Bonchev–Trinajstić information content (AvgIpc) is 3.51. The van der Waals surface area contributed by atoms with Crippen LogP contribution in [-0.4, -0.2) is 65.5 Å². The van der Waals surface area contributed by atoms with Crippen molar-refractivity contribution in [3.8, 4) is 0 Å². The van der Waals surface area contributed by atoms with E-state index < -0.39 is 48.7 Å². The van der Waals surface area contributed by atoms with E-state index in [0.29, 0.717) is 6.42 Å². The summed E-state index contributed by atoms with van der Waals surface area (Å²) < 4.78 is 10.1. The normalized spacial score (nSPS) is 19.9. The fraction of sp³-hybridized carbons (Fsp3) is 0.550. The highest BCUT2D eigenvalue weighted by Crippen LogP contribution is 2.30. The minimum absolute atomic E-state index is 0.0112. The maximum absolute atomic E-state index is 12.6. The lowest BCUT2D eigenvalue weighted by Crippen LogP contribution is -2.55. The van der Waals surface area contributed by atoms with E-state index in [2.05, 4.69) is 10.6 Å².